The molecule has 0 fully saturated rings. The topological polar surface area (TPSA) is 63.6 Å². The highest BCUT2D eigenvalue weighted by molar-refractivity contribution is 5.69. The van der Waals surface area contributed by atoms with E-state index in [0.717, 1.165) is 83.5 Å². The quantitative estimate of drug-likeness (QED) is 0.0415. The Morgan fingerprint density at radius 1 is 0.479 bits per heavy atom. The summed E-state index contributed by atoms with van der Waals surface area (Å²) >= 11 is 0. The molecule has 0 bridgehead atoms. The van der Waals surface area contributed by atoms with E-state index in [0.29, 0.717) is 12.8 Å². The van der Waals surface area contributed by atoms with E-state index < -0.39 is 5.97 Å². The maximum atomic E-state index is 12.6. The molecule has 274 valence electrons. The average molecular weight is 667 g/mol. The first-order valence-electron chi connectivity index (χ1n) is 19.9. The van der Waals surface area contributed by atoms with Crippen molar-refractivity contribution in [1.82, 2.24) is 0 Å². The summed E-state index contributed by atoms with van der Waals surface area (Å²) in [4.78, 5) is 23.4. The molecular formula is C44H74O4. The van der Waals surface area contributed by atoms with Crippen LogP contribution in [0.2, 0.25) is 0 Å². The van der Waals surface area contributed by atoms with Gasteiger partial charge in [-0.05, 0) is 77.0 Å². The van der Waals surface area contributed by atoms with Crippen LogP contribution in [0.1, 0.15) is 187 Å². The van der Waals surface area contributed by atoms with Gasteiger partial charge in [-0.25, -0.2) is 0 Å². The molecule has 0 saturated heterocycles. The monoisotopic (exact) mass is 667 g/mol. The van der Waals surface area contributed by atoms with Crippen LogP contribution >= 0.6 is 0 Å². The highest BCUT2D eigenvalue weighted by atomic mass is 16.5. The van der Waals surface area contributed by atoms with E-state index in [4.69, 9.17) is 9.84 Å². The molecule has 0 aromatic carbocycles. The lowest BCUT2D eigenvalue weighted by Gasteiger charge is -2.18. The Labute approximate surface area is 297 Å². The smallest absolute Gasteiger partial charge is 0.306 e. The summed E-state index contributed by atoms with van der Waals surface area (Å²) in [6.45, 7) is 4.43. The Morgan fingerprint density at radius 3 is 1.27 bits per heavy atom. The lowest BCUT2D eigenvalue weighted by Crippen LogP contribution is -2.18. The van der Waals surface area contributed by atoms with E-state index in [-0.39, 0.29) is 18.5 Å². The Hall–Kier alpha value is -2.62. The highest BCUT2D eigenvalue weighted by Crippen LogP contribution is 2.18. The van der Waals surface area contributed by atoms with Gasteiger partial charge in [0.05, 0.1) is 0 Å². The Balaban J connectivity index is 4.15. The summed E-state index contributed by atoms with van der Waals surface area (Å²) in [5.41, 5.74) is 0. The van der Waals surface area contributed by atoms with Gasteiger partial charge in [-0.3, -0.25) is 9.59 Å². The van der Waals surface area contributed by atoms with Crippen LogP contribution in [-0.2, 0) is 14.3 Å². The molecule has 1 N–H and O–H groups in total. The van der Waals surface area contributed by atoms with Crippen molar-refractivity contribution in [2.24, 2.45) is 0 Å². The van der Waals surface area contributed by atoms with Crippen LogP contribution in [0.5, 0.6) is 0 Å². The van der Waals surface area contributed by atoms with Gasteiger partial charge < -0.3 is 9.84 Å². The molecule has 0 radical (unpaired) electrons. The van der Waals surface area contributed by atoms with Gasteiger partial charge in [-0.2, -0.15) is 0 Å². The number of aliphatic carboxylic acids is 1. The van der Waals surface area contributed by atoms with E-state index in [1.165, 1.54) is 70.6 Å². The summed E-state index contributed by atoms with van der Waals surface area (Å²) in [5.74, 6) is -0.815. The van der Waals surface area contributed by atoms with Gasteiger partial charge in [0.15, 0.2) is 0 Å². The molecule has 48 heavy (non-hydrogen) atoms. The molecule has 0 rings (SSSR count). The number of carboxylic acids is 1. The summed E-state index contributed by atoms with van der Waals surface area (Å²) in [5, 5.41) is 8.85. The molecule has 4 heteroatoms. The maximum absolute atomic E-state index is 12.6. The molecule has 1 unspecified atom stereocenters. The van der Waals surface area contributed by atoms with Crippen molar-refractivity contribution in [1.29, 1.82) is 0 Å². The zero-order valence-corrected chi connectivity index (χ0v) is 31.3. The third-order valence-electron chi connectivity index (χ3n) is 8.46. The van der Waals surface area contributed by atoms with Crippen molar-refractivity contribution in [2.45, 2.75) is 193 Å². The van der Waals surface area contributed by atoms with E-state index in [1.807, 2.05) is 0 Å². The molecule has 0 aromatic rings. The molecule has 0 aliphatic rings. The number of ether oxygens (including phenoxy) is 1. The molecule has 0 aromatic heterocycles. The summed E-state index contributed by atoms with van der Waals surface area (Å²) in [7, 11) is 0. The van der Waals surface area contributed by atoms with Crippen LogP contribution in [0.25, 0.3) is 0 Å². The number of allylic oxidation sites excluding steroid dienone is 12. The highest BCUT2D eigenvalue weighted by Gasteiger charge is 2.14. The van der Waals surface area contributed by atoms with E-state index in [9.17, 15) is 9.59 Å². The zero-order chi connectivity index (χ0) is 35.0. The predicted molar refractivity (Wildman–Crippen MR) is 208 cm³/mol. The minimum atomic E-state index is -0.722. The molecule has 0 saturated carbocycles. The molecule has 0 spiro atoms. The fraction of sp³-hybridized carbons (Fsp3) is 0.682. The van der Waals surface area contributed by atoms with E-state index in [1.54, 1.807) is 0 Å². The molecule has 0 heterocycles. The summed E-state index contributed by atoms with van der Waals surface area (Å²) in [6.07, 6.45) is 54.9. The number of unbranched alkanes of at least 4 members (excludes halogenated alkanes) is 14. The molecule has 4 nitrogen and oxygen atoms in total. The van der Waals surface area contributed by atoms with Crippen molar-refractivity contribution in [3.63, 3.8) is 0 Å². The van der Waals surface area contributed by atoms with Gasteiger partial charge in [0, 0.05) is 12.8 Å². The maximum Gasteiger partial charge on any atom is 0.306 e. The van der Waals surface area contributed by atoms with Crippen LogP contribution in [0.3, 0.4) is 0 Å². The number of rotatable bonds is 35. The van der Waals surface area contributed by atoms with Crippen LogP contribution in [0, 0.1) is 0 Å². The summed E-state index contributed by atoms with van der Waals surface area (Å²) < 4.78 is 5.93. The van der Waals surface area contributed by atoms with Gasteiger partial charge in [-0.15, -0.1) is 0 Å². The largest absolute Gasteiger partial charge is 0.481 e. The summed E-state index contributed by atoms with van der Waals surface area (Å²) in [6, 6.07) is 0. The van der Waals surface area contributed by atoms with Crippen molar-refractivity contribution in [3.05, 3.63) is 72.9 Å². The first-order valence-corrected chi connectivity index (χ1v) is 19.9. The number of hydrogen-bond acceptors (Lipinski definition) is 3. The SMILES string of the molecule is CC/C=C\C/C=C\C/C=C\C/C=C\C/C=C\C/C=C\CCC(=O)OC(CCCCCCCCCCCCCC)CCCCCCC(=O)O. The Morgan fingerprint density at radius 2 is 0.854 bits per heavy atom. The van der Waals surface area contributed by atoms with Gasteiger partial charge >= 0.3 is 11.9 Å². The normalized spacial score (nSPS) is 13.0. The number of esters is 1. The first kappa shape index (κ1) is 45.4. The van der Waals surface area contributed by atoms with Gasteiger partial charge in [-0.1, -0.05) is 170 Å². The van der Waals surface area contributed by atoms with Gasteiger partial charge in [0.2, 0.25) is 0 Å². The number of hydrogen-bond donors (Lipinski definition) is 1. The van der Waals surface area contributed by atoms with E-state index in [2.05, 4.69) is 86.8 Å². The number of carbonyl (C=O) groups is 2. The number of carbonyl (C=O) groups excluding carboxylic acids is 1. The predicted octanol–water partition coefficient (Wildman–Crippen LogP) is 13.9. The molecular weight excluding hydrogens is 592 g/mol. The second-order valence-corrected chi connectivity index (χ2v) is 13.1. The minimum absolute atomic E-state index is 0.00892. The van der Waals surface area contributed by atoms with Crippen LogP contribution in [0.15, 0.2) is 72.9 Å². The zero-order valence-electron chi connectivity index (χ0n) is 31.3. The van der Waals surface area contributed by atoms with Crippen molar-refractivity contribution < 1.29 is 19.4 Å². The van der Waals surface area contributed by atoms with Crippen molar-refractivity contribution in [3.8, 4) is 0 Å². The van der Waals surface area contributed by atoms with Crippen LogP contribution < -0.4 is 0 Å². The molecule has 0 aliphatic heterocycles. The fourth-order valence-electron chi connectivity index (χ4n) is 5.56. The first-order chi connectivity index (χ1) is 23.6. The van der Waals surface area contributed by atoms with Gasteiger partial charge in [0.1, 0.15) is 6.10 Å². The standard InChI is InChI=1S/C44H74O4/c1-3-5-7-9-11-13-15-17-18-19-20-21-22-23-25-27-29-31-37-41-44(47)48-42(39-35-32-33-36-40-43(45)46)38-34-30-28-26-24-16-14-12-10-8-6-4-2/h5,7,11,13,17-18,20-21,23,25,29,31,42H,3-4,6,8-10,12,14-16,19,22,24,26-28,30,32-41H2,1-2H3,(H,45,46)/b7-5-,13-11-,18-17-,21-20-,25-23-,31-29-. The second-order valence-electron chi connectivity index (χ2n) is 13.1. The molecule has 0 aliphatic carbocycles. The third-order valence-corrected chi connectivity index (χ3v) is 8.46. The van der Waals surface area contributed by atoms with E-state index >= 15 is 0 Å². The Bertz CT molecular complexity index is 892. The van der Waals surface area contributed by atoms with Crippen LogP contribution in [0.4, 0.5) is 0 Å². The lowest BCUT2D eigenvalue weighted by atomic mass is 10.0. The fourth-order valence-corrected chi connectivity index (χ4v) is 5.56. The van der Waals surface area contributed by atoms with Crippen molar-refractivity contribution in [2.75, 3.05) is 0 Å². The second kappa shape index (κ2) is 38.8. The minimum Gasteiger partial charge on any atom is -0.481 e. The molecule has 1 atom stereocenters. The average Bonchev–Trinajstić information content (AvgIpc) is 3.07. The van der Waals surface area contributed by atoms with Crippen LogP contribution in [-0.4, -0.2) is 23.1 Å². The number of carboxylic acid groups (broad SMARTS) is 1. The third kappa shape index (κ3) is 37.8. The van der Waals surface area contributed by atoms with Gasteiger partial charge in [0.25, 0.3) is 0 Å². The molecule has 0 amide bonds. The lowest BCUT2D eigenvalue weighted by molar-refractivity contribution is -0.149. The van der Waals surface area contributed by atoms with Crippen molar-refractivity contribution >= 4 is 11.9 Å². The Kier molecular flexibility index (Phi) is 36.7.